The Labute approximate surface area is 151 Å². The summed E-state index contributed by atoms with van der Waals surface area (Å²) >= 11 is 0. The standard InChI is InChI=1S/C20H21N3O3/c1-20(2,24)14-22(13-15-6-4-3-5-7-15)18-8-9-19(23(25)26)17-12-21-11-10-16(17)18/h3-12,24H,13-14H2,1-2H3. The molecule has 0 saturated carbocycles. The number of fused-ring (bicyclic) bond motifs is 1. The highest BCUT2D eigenvalue weighted by atomic mass is 16.6. The number of benzene rings is 2. The third-order valence-electron chi connectivity index (χ3n) is 4.10. The highest BCUT2D eigenvalue weighted by Gasteiger charge is 2.23. The minimum absolute atomic E-state index is 0.0276. The first-order valence-corrected chi connectivity index (χ1v) is 8.37. The van der Waals surface area contributed by atoms with Crippen molar-refractivity contribution in [2.45, 2.75) is 26.0 Å². The van der Waals surface area contributed by atoms with E-state index in [2.05, 4.69) is 4.98 Å². The fraction of sp³-hybridized carbons (Fsp3) is 0.250. The van der Waals surface area contributed by atoms with Gasteiger partial charge in [0.15, 0.2) is 0 Å². The maximum Gasteiger partial charge on any atom is 0.278 e. The maximum absolute atomic E-state index is 11.3. The van der Waals surface area contributed by atoms with Gasteiger partial charge in [0.2, 0.25) is 0 Å². The van der Waals surface area contributed by atoms with Gasteiger partial charge in [-0.15, -0.1) is 0 Å². The fourth-order valence-corrected chi connectivity index (χ4v) is 3.09. The molecule has 0 atom stereocenters. The molecule has 0 spiro atoms. The van der Waals surface area contributed by atoms with Crippen molar-refractivity contribution in [3.8, 4) is 0 Å². The maximum atomic E-state index is 11.3. The number of hydrogen-bond acceptors (Lipinski definition) is 5. The normalized spacial score (nSPS) is 11.5. The van der Waals surface area contributed by atoms with Crippen molar-refractivity contribution in [1.29, 1.82) is 0 Å². The van der Waals surface area contributed by atoms with Gasteiger partial charge in [-0.2, -0.15) is 0 Å². The zero-order chi connectivity index (χ0) is 18.7. The van der Waals surface area contributed by atoms with Crippen LogP contribution in [0.1, 0.15) is 19.4 Å². The first-order chi connectivity index (χ1) is 12.3. The lowest BCUT2D eigenvalue weighted by Crippen LogP contribution is -2.38. The Morgan fingerprint density at radius 2 is 1.85 bits per heavy atom. The molecule has 0 amide bonds. The number of pyridine rings is 1. The third kappa shape index (κ3) is 3.97. The summed E-state index contributed by atoms with van der Waals surface area (Å²) in [4.78, 5) is 17.0. The van der Waals surface area contributed by atoms with Crippen LogP contribution in [-0.4, -0.2) is 27.2 Å². The van der Waals surface area contributed by atoms with Gasteiger partial charge in [-0.3, -0.25) is 15.1 Å². The van der Waals surface area contributed by atoms with Crippen molar-refractivity contribution in [2.24, 2.45) is 0 Å². The molecule has 134 valence electrons. The van der Waals surface area contributed by atoms with E-state index in [-0.39, 0.29) is 5.69 Å². The van der Waals surface area contributed by atoms with Gasteiger partial charge in [-0.1, -0.05) is 30.3 Å². The number of rotatable bonds is 6. The Bertz CT molecular complexity index is 920. The predicted molar refractivity (Wildman–Crippen MR) is 102 cm³/mol. The van der Waals surface area contributed by atoms with E-state index in [9.17, 15) is 15.2 Å². The smallest absolute Gasteiger partial charge is 0.278 e. The molecule has 0 fully saturated rings. The summed E-state index contributed by atoms with van der Waals surface area (Å²) in [7, 11) is 0. The predicted octanol–water partition coefficient (Wildman–Crippen LogP) is 3.92. The molecule has 2 aromatic carbocycles. The lowest BCUT2D eigenvalue weighted by Gasteiger charge is -2.32. The summed E-state index contributed by atoms with van der Waals surface area (Å²) in [5, 5.41) is 23.0. The molecule has 0 aliphatic rings. The number of nitro benzene ring substituents is 1. The molecule has 0 aliphatic carbocycles. The van der Waals surface area contributed by atoms with Crippen LogP contribution in [0.25, 0.3) is 10.8 Å². The summed E-state index contributed by atoms with van der Waals surface area (Å²) in [5.74, 6) is 0. The van der Waals surface area contributed by atoms with Crippen LogP contribution in [0.2, 0.25) is 0 Å². The average Bonchev–Trinajstić information content (AvgIpc) is 2.60. The summed E-state index contributed by atoms with van der Waals surface area (Å²) in [6, 6.07) is 15.0. The number of non-ortho nitro benzene ring substituents is 1. The van der Waals surface area contributed by atoms with E-state index in [0.29, 0.717) is 18.5 Å². The SMILES string of the molecule is CC(C)(O)CN(Cc1ccccc1)c1ccc([N+](=O)[O-])c2cnccc12. The van der Waals surface area contributed by atoms with E-state index in [4.69, 9.17) is 0 Å². The second kappa shape index (κ2) is 7.09. The third-order valence-corrected chi connectivity index (χ3v) is 4.10. The van der Waals surface area contributed by atoms with Gasteiger partial charge in [0.25, 0.3) is 5.69 Å². The van der Waals surface area contributed by atoms with Gasteiger partial charge >= 0.3 is 0 Å². The largest absolute Gasteiger partial charge is 0.389 e. The molecular weight excluding hydrogens is 330 g/mol. The van der Waals surface area contributed by atoms with Gasteiger partial charge < -0.3 is 10.0 Å². The fourth-order valence-electron chi connectivity index (χ4n) is 3.09. The van der Waals surface area contributed by atoms with Crippen LogP contribution in [0.3, 0.4) is 0 Å². The monoisotopic (exact) mass is 351 g/mol. The van der Waals surface area contributed by atoms with E-state index in [1.807, 2.05) is 35.2 Å². The first kappa shape index (κ1) is 17.8. The summed E-state index contributed by atoms with van der Waals surface area (Å²) in [6.07, 6.45) is 3.14. The Kier molecular flexibility index (Phi) is 4.86. The van der Waals surface area contributed by atoms with Crippen LogP contribution in [0.5, 0.6) is 0 Å². The molecule has 6 nitrogen and oxygen atoms in total. The molecule has 1 heterocycles. The number of nitro groups is 1. The highest BCUT2D eigenvalue weighted by molar-refractivity contribution is 5.99. The van der Waals surface area contributed by atoms with Crippen molar-refractivity contribution < 1.29 is 10.0 Å². The van der Waals surface area contributed by atoms with E-state index >= 15 is 0 Å². The average molecular weight is 351 g/mol. The molecule has 3 aromatic rings. The lowest BCUT2D eigenvalue weighted by molar-refractivity contribution is -0.383. The molecule has 1 N–H and O–H groups in total. The quantitative estimate of drug-likeness (QED) is 0.538. The van der Waals surface area contributed by atoms with Crippen molar-refractivity contribution in [3.63, 3.8) is 0 Å². The molecule has 0 unspecified atom stereocenters. The summed E-state index contributed by atoms with van der Waals surface area (Å²) < 4.78 is 0. The summed E-state index contributed by atoms with van der Waals surface area (Å²) in [6.45, 7) is 4.47. The Morgan fingerprint density at radius 3 is 2.50 bits per heavy atom. The van der Waals surface area contributed by atoms with Crippen molar-refractivity contribution >= 4 is 22.1 Å². The Hall–Kier alpha value is -2.99. The highest BCUT2D eigenvalue weighted by Crippen LogP contribution is 2.34. The van der Waals surface area contributed by atoms with E-state index in [1.165, 1.54) is 12.3 Å². The van der Waals surface area contributed by atoms with Crippen LogP contribution in [-0.2, 0) is 6.54 Å². The number of aromatic nitrogens is 1. The van der Waals surface area contributed by atoms with E-state index in [1.54, 1.807) is 32.2 Å². The first-order valence-electron chi connectivity index (χ1n) is 8.37. The molecule has 0 saturated heterocycles. The van der Waals surface area contributed by atoms with E-state index in [0.717, 1.165) is 16.6 Å². The second-order valence-electron chi connectivity index (χ2n) is 6.94. The number of aliphatic hydroxyl groups is 1. The van der Waals surface area contributed by atoms with Crippen LogP contribution < -0.4 is 4.90 Å². The van der Waals surface area contributed by atoms with Gasteiger partial charge in [-0.05, 0) is 31.5 Å². The van der Waals surface area contributed by atoms with Gasteiger partial charge in [-0.25, -0.2) is 0 Å². The summed E-state index contributed by atoms with van der Waals surface area (Å²) in [5.41, 5.74) is 1.03. The molecule has 3 rings (SSSR count). The zero-order valence-electron chi connectivity index (χ0n) is 14.8. The van der Waals surface area contributed by atoms with Gasteiger partial charge in [0, 0.05) is 42.6 Å². The van der Waals surface area contributed by atoms with E-state index < -0.39 is 10.5 Å². The minimum Gasteiger partial charge on any atom is -0.389 e. The molecule has 0 aliphatic heterocycles. The topological polar surface area (TPSA) is 79.5 Å². The Balaban J connectivity index is 2.11. The zero-order valence-corrected chi connectivity index (χ0v) is 14.8. The van der Waals surface area contributed by atoms with Crippen molar-refractivity contribution in [2.75, 3.05) is 11.4 Å². The number of nitrogens with zero attached hydrogens (tertiary/aromatic N) is 3. The van der Waals surface area contributed by atoms with Crippen LogP contribution in [0.4, 0.5) is 11.4 Å². The van der Waals surface area contributed by atoms with Crippen LogP contribution >= 0.6 is 0 Å². The number of hydrogen-bond donors (Lipinski definition) is 1. The molecule has 1 aromatic heterocycles. The molecule has 26 heavy (non-hydrogen) atoms. The van der Waals surface area contributed by atoms with Gasteiger partial charge in [0.05, 0.1) is 15.9 Å². The number of anilines is 1. The molecular formula is C20H21N3O3. The molecule has 0 radical (unpaired) electrons. The minimum atomic E-state index is -0.921. The van der Waals surface area contributed by atoms with Crippen molar-refractivity contribution in [3.05, 3.63) is 76.6 Å². The lowest BCUT2D eigenvalue weighted by atomic mass is 10.0. The Morgan fingerprint density at radius 1 is 1.12 bits per heavy atom. The molecule has 0 bridgehead atoms. The second-order valence-corrected chi connectivity index (χ2v) is 6.94. The molecule has 6 heteroatoms. The van der Waals surface area contributed by atoms with Gasteiger partial charge in [0.1, 0.15) is 0 Å². The van der Waals surface area contributed by atoms with Crippen LogP contribution in [0, 0.1) is 10.1 Å². The van der Waals surface area contributed by atoms with Crippen LogP contribution in [0.15, 0.2) is 60.9 Å². The van der Waals surface area contributed by atoms with Crippen molar-refractivity contribution in [1.82, 2.24) is 4.98 Å².